The topological polar surface area (TPSA) is 126 Å². The molecule has 1 saturated carbocycles. The molecule has 0 unspecified atom stereocenters. The maximum atomic E-state index is 11.8. The second kappa shape index (κ2) is 7.59. The lowest BCUT2D eigenvalue weighted by Crippen LogP contribution is -2.08. The highest BCUT2D eigenvalue weighted by atomic mass is 16.4. The van der Waals surface area contributed by atoms with E-state index in [1.165, 1.54) is 0 Å². The van der Waals surface area contributed by atoms with Crippen molar-refractivity contribution in [2.24, 2.45) is 0 Å². The van der Waals surface area contributed by atoms with Crippen molar-refractivity contribution < 1.29 is 25.2 Å². The zero-order chi connectivity index (χ0) is 18.8. The third kappa shape index (κ3) is 3.14. The fourth-order valence-electron chi connectivity index (χ4n) is 3.64. The van der Waals surface area contributed by atoms with Gasteiger partial charge in [0.2, 0.25) is 0 Å². The Labute approximate surface area is 151 Å². The summed E-state index contributed by atoms with van der Waals surface area (Å²) in [7, 11) is 1.78. The number of benzene rings is 1. The molecule has 1 aliphatic carbocycles. The molecule has 1 aliphatic rings. The number of hydrogen-bond acceptors (Lipinski definition) is 5. The monoisotopic (exact) mass is 360 g/mol. The second-order valence-corrected chi connectivity index (χ2v) is 6.58. The number of aromatic nitrogens is 1. The summed E-state index contributed by atoms with van der Waals surface area (Å²) >= 11 is 0. The van der Waals surface area contributed by atoms with Crippen LogP contribution in [0.25, 0.3) is 11.1 Å². The van der Waals surface area contributed by atoms with Crippen LogP contribution >= 0.6 is 0 Å². The van der Waals surface area contributed by atoms with E-state index in [2.05, 4.69) is 10.3 Å². The van der Waals surface area contributed by atoms with Gasteiger partial charge in [0.25, 0.3) is 0 Å². The maximum absolute atomic E-state index is 11.8. The van der Waals surface area contributed by atoms with Gasteiger partial charge in [-0.2, -0.15) is 0 Å². The minimum Gasteiger partial charge on any atom is -0.477 e. The summed E-state index contributed by atoms with van der Waals surface area (Å²) in [4.78, 5) is 14.8. The first-order chi connectivity index (χ1) is 12.6. The lowest BCUT2D eigenvalue weighted by molar-refractivity contribution is 0.0689. The van der Waals surface area contributed by atoms with Crippen LogP contribution in [0.4, 0.5) is 0 Å². The first-order valence-electron chi connectivity index (χ1n) is 8.66. The van der Waals surface area contributed by atoms with Gasteiger partial charge >= 0.3 is 5.97 Å². The van der Waals surface area contributed by atoms with E-state index in [1.54, 1.807) is 19.2 Å². The molecule has 7 nitrogen and oxygen atoms in total. The smallest absolute Gasteiger partial charge is 0.352 e. The van der Waals surface area contributed by atoms with E-state index in [1.807, 2.05) is 0 Å². The van der Waals surface area contributed by atoms with E-state index in [0.29, 0.717) is 28.8 Å². The number of aromatic carboxylic acids is 1. The number of aromatic amines is 1. The van der Waals surface area contributed by atoms with Crippen molar-refractivity contribution in [3.63, 3.8) is 0 Å². The van der Waals surface area contributed by atoms with Gasteiger partial charge in [0.05, 0.1) is 19.8 Å². The van der Waals surface area contributed by atoms with Gasteiger partial charge in [-0.3, -0.25) is 0 Å². The van der Waals surface area contributed by atoms with E-state index < -0.39 is 5.97 Å². The summed E-state index contributed by atoms with van der Waals surface area (Å²) in [5.41, 5.74) is 4.73. The molecule has 0 radical (unpaired) electrons. The van der Waals surface area contributed by atoms with Gasteiger partial charge in [0.1, 0.15) is 5.69 Å². The van der Waals surface area contributed by atoms with Crippen molar-refractivity contribution in [1.82, 2.24) is 10.3 Å². The molecule has 0 amide bonds. The fraction of sp³-hybridized carbons (Fsp3) is 0.421. The van der Waals surface area contributed by atoms with Crippen LogP contribution < -0.4 is 5.32 Å². The van der Waals surface area contributed by atoms with Gasteiger partial charge in [0.15, 0.2) is 0 Å². The quantitative estimate of drug-likeness (QED) is 0.423. The third-order valence-corrected chi connectivity index (χ3v) is 4.95. The number of rotatable bonds is 8. The Morgan fingerprint density at radius 1 is 1.15 bits per heavy atom. The molecule has 26 heavy (non-hydrogen) atoms. The molecule has 3 rings (SSSR count). The highest BCUT2D eigenvalue weighted by Gasteiger charge is 2.35. The predicted octanol–water partition coefficient (Wildman–Crippen LogP) is 1.45. The average Bonchev–Trinajstić information content (AvgIpc) is 3.41. The fourth-order valence-corrected chi connectivity index (χ4v) is 3.64. The van der Waals surface area contributed by atoms with Crippen molar-refractivity contribution in [2.75, 3.05) is 7.05 Å². The SMILES string of the molecule is CNCc1[nH]c(C(=O)O)c(C2CC2)c1-c1ccc(CO)c(CO)c1CO. The van der Waals surface area contributed by atoms with Gasteiger partial charge in [-0.1, -0.05) is 12.1 Å². The lowest BCUT2D eigenvalue weighted by atomic mass is 9.89. The van der Waals surface area contributed by atoms with E-state index in [9.17, 15) is 25.2 Å². The molecule has 2 aromatic rings. The van der Waals surface area contributed by atoms with Gasteiger partial charge in [-0.15, -0.1) is 0 Å². The molecule has 1 aromatic carbocycles. The standard InChI is InChI=1S/C19H24N2O5/c1-20-6-15-17(16(10-2-3-10)18(21-15)19(25)26)12-5-4-11(7-22)13(8-23)14(12)9-24/h4-5,10,20-24H,2-3,6-9H2,1H3,(H,25,26). The number of carboxylic acids is 1. The van der Waals surface area contributed by atoms with Crippen molar-refractivity contribution >= 4 is 5.97 Å². The zero-order valence-electron chi connectivity index (χ0n) is 14.7. The Morgan fingerprint density at radius 3 is 2.35 bits per heavy atom. The maximum Gasteiger partial charge on any atom is 0.352 e. The molecule has 0 aliphatic heterocycles. The summed E-state index contributed by atoms with van der Waals surface area (Å²) in [6.07, 6.45) is 1.86. The number of nitrogens with one attached hydrogen (secondary N) is 2. The molecule has 0 spiro atoms. The van der Waals surface area contributed by atoms with Crippen LogP contribution in [0.5, 0.6) is 0 Å². The number of aliphatic hydroxyl groups excluding tert-OH is 3. The van der Waals surface area contributed by atoms with Crippen molar-refractivity contribution in [1.29, 1.82) is 0 Å². The largest absolute Gasteiger partial charge is 0.477 e. The van der Waals surface area contributed by atoms with Gasteiger partial charge in [-0.25, -0.2) is 4.79 Å². The van der Waals surface area contributed by atoms with Crippen LogP contribution in [0, 0.1) is 0 Å². The Hall–Kier alpha value is -2.19. The van der Waals surface area contributed by atoms with Crippen LogP contribution in [0.3, 0.4) is 0 Å². The zero-order valence-corrected chi connectivity index (χ0v) is 14.7. The molecule has 6 N–H and O–H groups in total. The van der Waals surface area contributed by atoms with Gasteiger partial charge in [-0.05, 0) is 53.6 Å². The minimum atomic E-state index is -1.00. The normalized spacial score (nSPS) is 14.0. The van der Waals surface area contributed by atoms with Crippen LogP contribution in [0.2, 0.25) is 0 Å². The van der Waals surface area contributed by atoms with Gasteiger partial charge in [0, 0.05) is 17.8 Å². The Morgan fingerprint density at radius 2 is 1.85 bits per heavy atom. The molecule has 140 valence electrons. The Bertz CT molecular complexity index is 824. The first-order valence-corrected chi connectivity index (χ1v) is 8.66. The van der Waals surface area contributed by atoms with Crippen molar-refractivity contribution in [3.8, 4) is 11.1 Å². The van der Waals surface area contributed by atoms with E-state index in [0.717, 1.165) is 29.7 Å². The summed E-state index contributed by atoms with van der Waals surface area (Å²) in [5.74, 6) is -0.824. The van der Waals surface area contributed by atoms with Crippen LogP contribution in [0.1, 0.15) is 57.2 Å². The molecule has 1 aromatic heterocycles. The Kier molecular flexibility index (Phi) is 5.43. The number of carbonyl (C=O) groups is 1. The van der Waals surface area contributed by atoms with Crippen LogP contribution in [-0.4, -0.2) is 38.4 Å². The second-order valence-electron chi connectivity index (χ2n) is 6.58. The molecule has 0 bridgehead atoms. The van der Waals surface area contributed by atoms with E-state index in [-0.39, 0.29) is 31.4 Å². The van der Waals surface area contributed by atoms with E-state index in [4.69, 9.17) is 0 Å². The summed E-state index contributed by atoms with van der Waals surface area (Å²) < 4.78 is 0. The van der Waals surface area contributed by atoms with Crippen LogP contribution in [0.15, 0.2) is 12.1 Å². The average molecular weight is 360 g/mol. The Balaban J connectivity index is 2.31. The van der Waals surface area contributed by atoms with Crippen molar-refractivity contribution in [2.45, 2.75) is 45.1 Å². The molecule has 7 heteroatoms. The predicted molar refractivity (Wildman–Crippen MR) is 95.7 cm³/mol. The lowest BCUT2D eigenvalue weighted by Gasteiger charge is -2.17. The minimum absolute atomic E-state index is 0.180. The number of carboxylic acid groups (broad SMARTS) is 1. The molecular formula is C19H24N2O5. The molecular weight excluding hydrogens is 336 g/mol. The van der Waals surface area contributed by atoms with E-state index >= 15 is 0 Å². The summed E-state index contributed by atoms with van der Waals surface area (Å²) in [5, 5.41) is 41.9. The number of H-pyrrole nitrogens is 1. The highest BCUT2D eigenvalue weighted by molar-refractivity contribution is 5.93. The summed E-state index contributed by atoms with van der Waals surface area (Å²) in [6.45, 7) is -0.412. The molecule has 0 atom stereocenters. The van der Waals surface area contributed by atoms with Gasteiger partial charge < -0.3 is 30.7 Å². The molecule has 1 fully saturated rings. The number of aliphatic hydroxyl groups is 3. The third-order valence-electron chi connectivity index (χ3n) is 4.95. The van der Waals surface area contributed by atoms with Crippen molar-refractivity contribution in [3.05, 3.63) is 45.8 Å². The molecule has 1 heterocycles. The molecule has 0 saturated heterocycles. The highest BCUT2D eigenvalue weighted by Crippen LogP contribution is 2.48. The summed E-state index contributed by atoms with van der Waals surface area (Å²) in [6, 6.07) is 3.50. The first kappa shape index (κ1) is 18.6. The van der Waals surface area contributed by atoms with Crippen LogP contribution in [-0.2, 0) is 26.4 Å². The number of hydrogen-bond donors (Lipinski definition) is 6.